The van der Waals surface area contributed by atoms with Crippen molar-refractivity contribution in [2.75, 3.05) is 7.05 Å². The normalized spacial score (nSPS) is 42.1. The molecule has 1 aromatic heterocycles. The summed E-state index contributed by atoms with van der Waals surface area (Å²) in [5, 5.41) is 0. The summed E-state index contributed by atoms with van der Waals surface area (Å²) in [5.74, 6) is 3.41. The Balaban J connectivity index is 1.29. The minimum atomic E-state index is -0.259. The largest absolute Gasteiger partial charge is 0.338 e. The van der Waals surface area contributed by atoms with Crippen molar-refractivity contribution < 1.29 is 9.59 Å². The van der Waals surface area contributed by atoms with Gasteiger partial charge in [-0.3, -0.25) is 9.59 Å². The van der Waals surface area contributed by atoms with Crippen molar-refractivity contribution in [3.63, 3.8) is 0 Å². The topological polar surface area (TPSA) is 63.2 Å². The predicted molar refractivity (Wildman–Crippen MR) is 122 cm³/mol. The van der Waals surface area contributed by atoms with E-state index in [0.717, 1.165) is 49.1 Å². The molecule has 0 radical (unpaired) electrons. The molecule has 32 heavy (non-hydrogen) atoms. The molecule has 0 saturated heterocycles. The zero-order valence-electron chi connectivity index (χ0n) is 19.4. The summed E-state index contributed by atoms with van der Waals surface area (Å²) in [7, 11) is 1.96. The second-order valence-corrected chi connectivity index (χ2v) is 11.4. The molecular formula is C27H33N3O2. The Kier molecular flexibility index (Phi) is 4.35. The smallest absolute Gasteiger partial charge is 0.246 e. The third-order valence-corrected chi connectivity index (χ3v) is 9.74. The molecule has 5 aliphatic rings. The number of nitrogens with zero attached hydrogens (tertiary/aromatic N) is 3. The summed E-state index contributed by atoms with van der Waals surface area (Å²) in [6.45, 7) is 4.56. The van der Waals surface area contributed by atoms with E-state index >= 15 is 0 Å². The number of fused-ring (bicyclic) bond motifs is 5. The van der Waals surface area contributed by atoms with Gasteiger partial charge in [0.15, 0.2) is 5.78 Å². The average Bonchev–Trinajstić information content (AvgIpc) is 3.59. The SMILES string of the molecule is CN1C(=O)C=C[C@]2(C)[C@H]3CC[C@]4(C)C(=O)/C(=C/c5cnc(C6CC6)nc5)C[C@H]4[C@@H]3CC[C@@H]12. The second-order valence-electron chi connectivity index (χ2n) is 11.4. The molecular weight excluding hydrogens is 398 g/mol. The Bertz CT molecular complexity index is 1040. The minimum Gasteiger partial charge on any atom is -0.338 e. The van der Waals surface area contributed by atoms with Crippen LogP contribution in [0.5, 0.6) is 0 Å². The molecule has 2 heterocycles. The van der Waals surface area contributed by atoms with Crippen molar-refractivity contribution in [1.29, 1.82) is 0 Å². The molecule has 4 aliphatic carbocycles. The Hall–Kier alpha value is -2.30. The number of carbonyl (C=O) groups excluding carboxylic acids is 2. The molecule has 5 nitrogen and oxygen atoms in total. The fourth-order valence-electron chi connectivity index (χ4n) is 7.71. The van der Waals surface area contributed by atoms with Crippen LogP contribution in [0.4, 0.5) is 0 Å². The van der Waals surface area contributed by atoms with Crippen molar-refractivity contribution in [1.82, 2.24) is 14.9 Å². The van der Waals surface area contributed by atoms with Crippen LogP contribution in [0.25, 0.3) is 6.08 Å². The molecule has 168 valence electrons. The van der Waals surface area contributed by atoms with Crippen LogP contribution in [0.3, 0.4) is 0 Å². The molecule has 4 saturated carbocycles. The fraction of sp³-hybridized carbons (Fsp3) is 0.630. The van der Waals surface area contributed by atoms with E-state index in [4.69, 9.17) is 0 Å². The first-order chi connectivity index (χ1) is 15.3. The lowest BCUT2D eigenvalue weighted by molar-refractivity contribution is -0.141. The van der Waals surface area contributed by atoms with Gasteiger partial charge in [0.2, 0.25) is 5.91 Å². The van der Waals surface area contributed by atoms with Gasteiger partial charge in [0.1, 0.15) is 5.82 Å². The van der Waals surface area contributed by atoms with Gasteiger partial charge in [-0.2, -0.15) is 0 Å². The zero-order valence-corrected chi connectivity index (χ0v) is 19.4. The fourth-order valence-corrected chi connectivity index (χ4v) is 7.71. The van der Waals surface area contributed by atoms with Crippen LogP contribution < -0.4 is 0 Å². The van der Waals surface area contributed by atoms with Crippen molar-refractivity contribution in [3.8, 4) is 0 Å². The predicted octanol–water partition coefficient (Wildman–Crippen LogP) is 4.56. The highest BCUT2D eigenvalue weighted by molar-refractivity contribution is 6.05. The molecule has 1 aliphatic heterocycles. The van der Waals surface area contributed by atoms with E-state index in [9.17, 15) is 9.59 Å². The molecule has 1 amide bonds. The number of rotatable bonds is 2. The number of Topliss-reactive ketones (excluding diaryl/α,β-unsaturated/α-hetero) is 1. The summed E-state index contributed by atoms with van der Waals surface area (Å²) in [4.78, 5) is 36.9. The molecule has 5 heteroatoms. The van der Waals surface area contributed by atoms with E-state index in [1.165, 1.54) is 12.8 Å². The first-order valence-electron chi connectivity index (χ1n) is 12.3. The number of ketones is 1. The van der Waals surface area contributed by atoms with E-state index in [-0.39, 0.29) is 22.8 Å². The number of allylic oxidation sites excluding steroid dienone is 1. The highest BCUT2D eigenvalue weighted by atomic mass is 16.2. The van der Waals surface area contributed by atoms with Gasteiger partial charge in [-0.1, -0.05) is 19.9 Å². The molecule has 0 bridgehead atoms. The number of likely N-dealkylation sites (N-methyl/N-ethyl adjacent to an activating group) is 1. The number of hydrogen-bond acceptors (Lipinski definition) is 4. The Morgan fingerprint density at radius 1 is 1.03 bits per heavy atom. The highest BCUT2D eigenvalue weighted by Gasteiger charge is 2.61. The monoisotopic (exact) mass is 431 g/mol. The van der Waals surface area contributed by atoms with Crippen LogP contribution >= 0.6 is 0 Å². The van der Waals surface area contributed by atoms with Gasteiger partial charge >= 0.3 is 0 Å². The highest BCUT2D eigenvalue weighted by Crippen LogP contribution is 2.63. The van der Waals surface area contributed by atoms with Gasteiger partial charge in [-0.15, -0.1) is 0 Å². The van der Waals surface area contributed by atoms with Crippen LogP contribution in [0, 0.1) is 28.6 Å². The van der Waals surface area contributed by atoms with E-state index in [1.54, 1.807) is 6.08 Å². The maximum absolute atomic E-state index is 13.6. The molecule has 6 rings (SSSR count). The minimum absolute atomic E-state index is 0.00883. The van der Waals surface area contributed by atoms with Crippen LogP contribution in [0.15, 0.2) is 30.1 Å². The summed E-state index contributed by atoms with van der Waals surface area (Å²) in [6, 6.07) is 0.278. The van der Waals surface area contributed by atoms with Crippen molar-refractivity contribution >= 4 is 17.8 Å². The van der Waals surface area contributed by atoms with Gasteiger partial charge < -0.3 is 4.90 Å². The lowest BCUT2D eigenvalue weighted by Gasteiger charge is -2.59. The Morgan fingerprint density at radius 2 is 1.78 bits per heavy atom. The van der Waals surface area contributed by atoms with Crippen LogP contribution in [-0.4, -0.2) is 39.6 Å². The van der Waals surface area contributed by atoms with Gasteiger partial charge in [-0.05, 0) is 80.4 Å². The third kappa shape index (κ3) is 2.82. The standard InChI is InChI=1S/C27H33N3O2/c1-26-11-9-23(31)30(3)22(26)7-6-19-20(26)8-10-27(2)21(19)13-18(24(27)32)12-16-14-28-25(29-15-16)17-4-5-17/h9,11-12,14-15,17,19-22H,4-8,10,13H2,1-3H3/b18-12+/t19-,20+,21+,22-,26-,27+/m1/s1. The summed E-state index contributed by atoms with van der Waals surface area (Å²) >= 11 is 0. The second kappa shape index (κ2) is 6.85. The first kappa shape index (κ1) is 20.3. The molecule has 1 aromatic rings. The van der Waals surface area contributed by atoms with Gasteiger partial charge in [-0.25, -0.2) is 9.97 Å². The Labute approximate surface area is 190 Å². The van der Waals surface area contributed by atoms with Crippen molar-refractivity contribution in [2.45, 2.75) is 70.8 Å². The molecule has 0 N–H and O–H groups in total. The van der Waals surface area contributed by atoms with E-state index in [2.05, 4.69) is 36.0 Å². The summed E-state index contributed by atoms with van der Waals surface area (Å²) < 4.78 is 0. The average molecular weight is 432 g/mol. The molecule has 0 aromatic carbocycles. The van der Waals surface area contributed by atoms with E-state index in [0.29, 0.717) is 29.5 Å². The molecule has 6 atom stereocenters. The van der Waals surface area contributed by atoms with E-state index < -0.39 is 0 Å². The van der Waals surface area contributed by atoms with Crippen LogP contribution in [-0.2, 0) is 9.59 Å². The van der Waals surface area contributed by atoms with Crippen molar-refractivity contribution in [2.24, 2.45) is 28.6 Å². The quantitative estimate of drug-likeness (QED) is 0.644. The number of amides is 1. The van der Waals surface area contributed by atoms with Gasteiger partial charge in [0, 0.05) is 47.8 Å². The summed E-state index contributed by atoms with van der Waals surface area (Å²) in [6.07, 6.45) is 17.2. The maximum atomic E-state index is 13.6. The lowest BCUT2D eigenvalue weighted by atomic mass is 9.48. The summed E-state index contributed by atoms with van der Waals surface area (Å²) in [5.41, 5.74) is 1.65. The maximum Gasteiger partial charge on any atom is 0.246 e. The zero-order chi connectivity index (χ0) is 22.3. The Morgan fingerprint density at radius 3 is 2.50 bits per heavy atom. The number of carbonyl (C=O) groups is 2. The lowest BCUT2D eigenvalue weighted by Crippen LogP contribution is -2.59. The molecule has 4 fully saturated rings. The first-order valence-corrected chi connectivity index (χ1v) is 12.3. The van der Waals surface area contributed by atoms with Crippen LogP contribution in [0.2, 0.25) is 0 Å². The number of aromatic nitrogens is 2. The molecule has 0 unspecified atom stereocenters. The van der Waals surface area contributed by atoms with Crippen LogP contribution in [0.1, 0.15) is 76.1 Å². The van der Waals surface area contributed by atoms with Gasteiger partial charge in [0.05, 0.1) is 0 Å². The third-order valence-electron chi connectivity index (χ3n) is 9.74. The van der Waals surface area contributed by atoms with Gasteiger partial charge in [0.25, 0.3) is 0 Å². The van der Waals surface area contributed by atoms with E-state index in [1.807, 2.05) is 24.3 Å². The van der Waals surface area contributed by atoms with Crippen molar-refractivity contribution in [3.05, 3.63) is 41.5 Å². The number of hydrogen-bond donors (Lipinski definition) is 0. The molecule has 0 spiro atoms.